The fourth-order valence-corrected chi connectivity index (χ4v) is 3.44. The van der Waals surface area contributed by atoms with Crippen molar-refractivity contribution in [1.29, 1.82) is 5.26 Å². The first kappa shape index (κ1) is 18.6. The molecule has 1 amide bonds. The molecule has 1 aromatic carbocycles. The largest absolute Gasteiger partial charge is 0.431 e. The number of nitrogens with zero attached hydrogens (tertiary/aromatic N) is 3. The molecule has 1 aliphatic rings. The number of amidine groups is 1. The molecule has 3 rings (SSSR count). The second kappa shape index (κ2) is 7.21. The number of allylic oxidation sites excluding steroid dienone is 1. The molecule has 1 atom stereocenters. The molecule has 2 heterocycles. The summed E-state index contributed by atoms with van der Waals surface area (Å²) in [6.07, 6.45) is 3.22. The fourth-order valence-electron chi connectivity index (χ4n) is 2.79. The summed E-state index contributed by atoms with van der Waals surface area (Å²) in [7, 11) is 0. The van der Waals surface area contributed by atoms with E-state index in [9.17, 15) is 4.79 Å². The van der Waals surface area contributed by atoms with Crippen LogP contribution in [0.2, 0.25) is 0 Å². The van der Waals surface area contributed by atoms with Gasteiger partial charge in [-0.3, -0.25) is 4.79 Å². The van der Waals surface area contributed by atoms with Gasteiger partial charge in [0.05, 0.1) is 5.56 Å². The lowest BCUT2D eigenvalue weighted by atomic mass is 9.91. The number of pyridine rings is 1. The number of hydrogen-bond acceptors (Lipinski definition) is 6. The number of carbonyl (C=O) groups excluding carboxylic acids is 1. The predicted molar refractivity (Wildman–Crippen MR) is 105 cm³/mol. The van der Waals surface area contributed by atoms with Crippen molar-refractivity contribution in [2.45, 2.75) is 19.4 Å². The van der Waals surface area contributed by atoms with Crippen LogP contribution in [0.4, 0.5) is 5.69 Å². The SMILES string of the molecule is CC1=C[C@@](C)(c2cc(NC(=O)c3ccc(C#N)cn3)ccc2Br)N=C(N)O1. The van der Waals surface area contributed by atoms with Crippen LogP contribution in [0.3, 0.4) is 0 Å². The number of ether oxygens (including phenoxy) is 1. The van der Waals surface area contributed by atoms with Gasteiger partial charge in [0, 0.05) is 16.4 Å². The molecule has 7 nitrogen and oxygen atoms in total. The van der Waals surface area contributed by atoms with Crippen LogP contribution in [0.15, 0.2) is 57.8 Å². The van der Waals surface area contributed by atoms with Crippen molar-refractivity contribution in [2.75, 3.05) is 5.32 Å². The van der Waals surface area contributed by atoms with E-state index in [0.717, 1.165) is 10.0 Å². The number of amides is 1. The minimum Gasteiger partial charge on any atom is -0.431 e. The highest BCUT2D eigenvalue weighted by Gasteiger charge is 2.30. The smallest absolute Gasteiger partial charge is 0.288 e. The number of nitriles is 1. The van der Waals surface area contributed by atoms with Crippen LogP contribution in [-0.2, 0) is 10.3 Å². The molecular weight excluding hydrogens is 410 g/mol. The molecule has 0 bridgehead atoms. The first-order chi connectivity index (χ1) is 12.8. The lowest BCUT2D eigenvalue weighted by Crippen LogP contribution is -2.29. The van der Waals surface area contributed by atoms with E-state index < -0.39 is 5.54 Å². The highest BCUT2D eigenvalue weighted by atomic mass is 79.9. The summed E-state index contributed by atoms with van der Waals surface area (Å²) in [5.41, 5.74) is 7.05. The van der Waals surface area contributed by atoms with Gasteiger partial charge in [-0.25, -0.2) is 9.98 Å². The van der Waals surface area contributed by atoms with E-state index in [0.29, 0.717) is 17.0 Å². The number of rotatable bonds is 3. The van der Waals surface area contributed by atoms with Crippen molar-refractivity contribution in [1.82, 2.24) is 4.98 Å². The molecule has 136 valence electrons. The summed E-state index contributed by atoms with van der Waals surface area (Å²) in [4.78, 5) is 20.8. The van der Waals surface area contributed by atoms with Crippen molar-refractivity contribution in [2.24, 2.45) is 10.7 Å². The van der Waals surface area contributed by atoms with Crippen molar-refractivity contribution in [3.63, 3.8) is 0 Å². The number of hydrogen-bond donors (Lipinski definition) is 2. The molecule has 1 aromatic heterocycles. The Labute approximate surface area is 164 Å². The van der Waals surface area contributed by atoms with Crippen LogP contribution in [0.5, 0.6) is 0 Å². The second-order valence-electron chi connectivity index (χ2n) is 6.15. The van der Waals surface area contributed by atoms with Crippen LogP contribution in [0.25, 0.3) is 0 Å². The highest BCUT2D eigenvalue weighted by molar-refractivity contribution is 9.10. The molecule has 0 fully saturated rings. The standard InChI is InChI=1S/C19H16BrN5O2/c1-11-8-19(2,25-18(22)27-11)14-7-13(4-5-15(14)20)24-17(26)16-6-3-12(9-21)10-23-16/h3-8,10H,1-2H3,(H2,22,25)(H,24,26)/t19-/m0/s1. The Morgan fingerprint density at radius 1 is 1.37 bits per heavy atom. The van der Waals surface area contributed by atoms with Gasteiger partial charge in [-0.2, -0.15) is 5.26 Å². The molecule has 2 aromatic rings. The summed E-state index contributed by atoms with van der Waals surface area (Å²) in [6.45, 7) is 3.70. The number of halogens is 1. The normalized spacial score (nSPS) is 18.6. The van der Waals surface area contributed by atoms with E-state index >= 15 is 0 Å². The third-order valence-electron chi connectivity index (χ3n) is 3.99. The molecule has 0 saturated carbocycles. The molecule has 1 aliphatic heterocycles. The summed E-state index contributed by atoms with van der Waals surface area (Å²) in [5.74, 6) is 0.271. The summed E-state index contributed by atoms with van der Waals surface area (Å²) >= 11 is 3.53. The van der Waals surface area contributed by atoms with Crippen LogP contribution in [-0.4, -0.2) is 16.9 Å². The van der Waals surface area contributed by atoms with Gasteiger partial charge >= 0.3 is 0 Å². The predicted octanol–water partition coefficient (Wildman–Crippen LogP) is 3.43. The topological polar surface area (TPSA) is 113 Å². The van der Waals surface area contributed by atoms with Gasteiger partial charge in [-0.15, -0.1) is 0 Å². The Balaban J connectivity index is 1.90. The maximum Gasteiger partial charge on any atom is 0.288 e. The molecule has 0 aliphatic carbocycles. The Morgan fingerprint density at radius 2 is 2.15 bits per heavy atom. The zero-order valence-corrected chi connectivity index (χ0v) is 16.2. The van der Waals surface area contributed by atoms with Gasteiger partial charge in [0.1, 0.15) is 23.1 Å². The number of carbonyl (C=O) groups is 1. The van der Waals surface area contributed by atoms with Crippen LogP contribution >= 0.6 is 15.9 Å². The van der Waals surface area contributed by atoms with Gasteiger partial charge in [0.2, 0.25) is 0 Å². The van der Waals surface area contributed by atoms with Crippen LogP contribution < -0.4 is 11.1 Å². The van der Waals surface area contributed by atoms with E-state index in [1.807, 2.05) is 31.2 Å². The van der Waals surface area contributed by atoms with E-state index in [-0.39, 0.29) is 17.6 Å². The molecule has 0 saturated heterocycles. The number of anilines is 1. The lowest BCUT2D eigenvalue weighted by Gasteiger charge is -2.28. The zero-order chi connectivity index (χ0) is 19.6. The van der Waals surface area contributed by atoms with Crippen LogP contribution in [0.1, 0.15) is 35.5 Å². The number of nitrogens with one attached hydrogen (secondary N) is 1. The molecule has 27 heavy (non-hydrogen) atoms. The average Bonchev–Trinajstić information content (AvgIpc) is 2.62. The van der Waals surface area contributed by atoms with E-state index in [2.05, 4.69) is 31.2 Å². The molecule has 8 heteroatoms. The first-order valence-electron chi connectivity index (χ1n) is 8.01. The zero-order valence-electron chi connectivity index (χ0n) is 14.7. The minimum absolute atomic E-state index is 0.0839. The van der Waals surface area contributed by atoms with Crippen LogP contribution in [0, 0.1) is 11.3 Å². The number of benzene rings is 1. The number of aliphatic imine (C=N–C) groups is 1. The van der Waals surface area contributed by atoms with Gasteiger partial charge < -0.3 is 15.8 Å². The number of aromatic nitrogens is 1. The Bertz CT molecular complexity index is 988. The Hall–Kier alpha value is -3.18. The van der Waals surface area contributed by atoms with Crippen molar-refractivity contribution >= 4 is 33.5 Å². The first-order valence-corrected chi connectivity index (χ1v) is 8.80. The fraction of sp³-hybridized carbons (Fsp3) is 0.158. The third-order valence-corrected chi connectivity index (χ3v) is 4.68. The van der Waals surface area contributed by atoms with Gasteiger partial charge in [-0.05, 0) is 55.8 Å². The van der Waals surface area contributed by atoms with Gasteiger partial charge in [0.25, 0.3) is 11.9 Å². The summed E-state index contributed by atoms with van der Waals surface area (Å²) in [6, 6.07) is 10.5. The van der Waals surface area contributed by atoms with Gasteiger partial charge in [0.15, 0.2) is 0 Å². The third kappa shape index (κ3) is 3.99. The highest BCUT2D eigenvalue weighted by Crippen LogP contribution is 2.37. The van der Waals surface area contributed by atoms with Crippen molar-refractivity contribution in [3.8, 4) is 6.07 Å². The number of nitrogens with two attached hydrogens (primary N) is 1. The average molecular weight is 426 g/mol. The minimum atomic E-state index is -0.737. The molecule has 3 N–H and O–H groups in total. The summed E-state index contributed by atoms with van der Waals surface area (Å²) in [5, 5.41) is 11.6. The monoisotopic (exact) mass is 425 g/mol. The van der Waals surface area contributed by atoms with E-state index in [1.54, 1.807) is 19.1 Å². The Morgan fingerprint density at radius 3 is 2.78 bits per heavy atom. The molecule has 0 radical (unpaired) electrons. The molecular formula is C19H16BrN5O2. The van der Waals surface area contributed by atoms with E-state index in [1.165, 1.54) is 12.3 Å². The van der Waals surface area contributed by atoms with Gasteiger partial charge in [-0.1, -0.05) is 15.9 Å². The second-order valence-corrected chi connectivity index (χ2v) is 7.00. The quantitative estimate of drug-likeness (QED) is 0.781. The van der Waals surface area contributed by atoms with E-state index in [4.69, 9.17) is 15.7 Å². The van der Waals surface area contributed by atoms with Crippen molar-refractivity contribution in [3.05, 3.63) is 69.7 Å². The molecule has 0 spiro atoms. The summed E-state index contributed by atoms with van der Waals surface area (Å²) < 4.78 is 6.11. The maximum absolute atomic E-state index is 12.4. The molecule has 0 unspecified atom stereocenters. The lowest BCUT2D eigenvalue weighted by molar-refractivity contribution is 0.102. The maximum atomic E-state index is 12.4. The Kier molecular flexibility index (Phi) is 4.97. The van der Waals surface area contributed by atoms with Crippen molar-refractivity contribution < 1.29 is 9.53 Å².